The fourth-order valence-electron chi connectivity index (χ4n) is 2.46. The molecular formula is C10H14O. The first-order chi connectivity index (χ1) is 5.25. The van der Waals surface area contributed by atoms with Gasteiger partial charge in [-0.3, -0.25) is 0 Å². The van der Waals surface area contributed by atoms with Crippen LogP contribution in [0.1, 0.15) is 32.6 Å². The first-order valence-electron chi connectivity index (χ1n) is 4.43. The molecule has 2 bridgehead atoms. The van der Waals surface area contributed by atoms with Crippen LogP contribution < -0.4 is 0 Å². The fourth-order valence-corrected chi connectivity index (χ4v) is 2.46. The van der Waals surface area contributed by atoms with Crippen molar-refractivity contribution in [3.63, 3.8) is 0 Å². The third kappa shape index (κ3) is 1.24. The molecule has 0 aliphatic heterocycles. The van der Waals surface area contributed by atoms with Gasteiger partial charge in [-0.25, -0.2) is 0 Å². The Kier molecular flexibility index (Phi) is 1.59. The molecule has 0 spiro atoms. The molecule has 2 aliphatic rings. The summed E-state index contributed by atoms with van der Waals surface area (Å²) >= 11 is 0. The zero-order valence-corrected chi connectivity index (χ0v) is 6.97. The molecule has 2 rings (SSSR count). The lowest BCUT2D eigenvalue weighted by Crippen LogP contribution is -2.11. The summed E-state index contributed by atoms with van der Waals surface area (Å²) in [6.07, 6.45) is 6.93. The molecule has 0 aromatic rings. The van der Waals surface area contributed by atoms with E-state index >= 15 is 0 Å². The van der Waals surface area contributed by atoms with Crippen LogP contribution in [-0.2, 0) is 4.79 Å². The fraction of sp³-hybridized carbons (Fsp3) is 0.700. The minimum atomic E-state index is 0.364. The maximum absolute atomic E-state index is 10.9. The molecule has 1 saturated carbocycles. The SMILES string of the molecule is CC(=O)CC1CC2=CCC1C2. The molecule has 2 unspecified atom stereocenters. The lowest BCUT2D eigenvalue weighted by molar-refractivity contribution is -0.118. The summed E-state index contributed by atoms with van der Waals surface area (Å²) in [4.78, 5) is 10.9. The third-order valence-electron chi connectivity index (χ3n) is 2.97. The Labute approximate surface area is 67.5 Å². The van der Waals surface area contributed by atoms with E-state index in [1.54, 1.807) is 12.5 Å². The second-order valence-corrected chi connectivity index (χ2v) is 3.93. The Hall–Kier alpha value is -0.590. The van der Waals surface area contributed by atoms with Gasteiger partial charge in [0.25, 0.3) is 0 Å². The number of carbonyl (C=O) groups is 1. The molecule has 1 nitrogen and oxygen atoms in total. The Morgan fingerprint density at radius 1 is 1.64 bits per heavy atom. The summed E-state index contributed by atoms with van der Waals surface area (Å²) in [5.74, 6) is 1.89. The first kappa shape index (κ1) is 7.08. The molecule has 60 valence electrons. The molecule has 11 heavy (non-hydrogen) atoms. The van der Waals surface area contributed by atoms with E-state index in [2.05, 4.69) is 6.08 Å². The molecular weight excluding hydrogens is 136 g/mol. The highest BCUT2D eigenvalue weighted by atomic mass is 16.1. The van der Waals surface area contributed by atoms with E-state index in [9.17, 15) is 4.79 Å². The van der Waals surface area contributed by atoms with Crippen LogP contribution in [0.5, 0.6) is 0 Å². The lowest BCUT2D eigenvalue weighted by Gasteiger charge is -2.16. The summed E-state index contributed by atoms with van der Waals surface area (Å²) in [6.45, 7) is 1.71. The second-order valence-electron chi connectivity index (χ2n) is 3.93. The van der Waals surface area contributed by atoms with Gasteiger partial charge in [0.1, 0.15) is 5.78 Å². The van der Waals surface area contributed by atoms with Gasteiger partial charge in [-0.1, -0.05) is 11.6 Å². The van der Waals surface area contributed by atoms with Crippen LogP contribution in [0.2, 0.25) is 0 Å². The van der Waals surface area contributed by atoms with E-state index < -0.39 is 0 Å². The quantitative estimate of drug-likeness (QED) is 0.552. The lowest BCUT2D eigenvalue weighted by atomic mass is 9.88. The highest BCUT2D eigenvalue weighted by Gasteiger charge is 2.34. The van der Waals surface area contributed by atoms with Crippen molar-refractivity contribution in [2.45, 2.75) is 32.6 Å². The third-order valence-corrected chi connectivity index (χ3v) is 2.97. The minimum Gasteiger partial charge on any atom is -0.300 e. The van der Waals surface area contributed by atoms with Crippen molar-refractivity contribution in [2.75, 3.05) is 0 Å². The van der Waals surface area contributed by atoms with Crippen LogP contribution in [0.3, 0.4) is 0 Å². The normalized spacial score (nSPS) is 34.1. The Balaban J connectivity index is 1.98. The maximum Gasteiger partial charge on any atom is 0.130 e. The average molecular weight is 150 g/mol. The highest BCUT2D eigenvalue weighted by Crippen LogP contribution is 2.45. The van der Waals surface area contributed by atoms with Gasteiger partial charge in [0.15, 0.2) is 0 Å². The van der Waals surface area contributed by atoms with Crippen LogP contribution >= 0.6 is 0 Å². The monoisotopic (exact) mass is 150 g/mol. The van der Waals surface area contributed by atoms with Gasteiger partial charge in [-0.15, -0.1) is 0 Å². The molecule has 0 radical (unpaired) electrons. The van der Waals surface area contributed by atoms with Gasteiger partial charge in [0.05, 0.1) is 0 Å². The van der Waals surface area contributed by atoms with E-state index in [0.717, 1.165) is 12.3 Å². The summed E-state index contributed by atoms with van der Waals surface area (Å²) in [5, 5.41) is 0. The molecule has 1 fully saturated rings. The van der Waals surface area contributed by atoms with Crippen LogP contribution in [-0.4, -0.2) is 5.78 Å². The van der Waals surface area contributed by atoms with E-state index in [4.69, 9.17) is 0 Å². The molecule has 0 amide bonds. The van der Waals surface area contributed by atoms with Crippen molar-refractivity contribution in [3.8, 4) is 0 Å². The van der Waals surface area contributed by atoms with Crippen LogP contribution in [0.15, 0.2) is 11.6 Å². The molecule has 0 heterocycles. The van der Waals surface area contributed by atoms with Crippen molar-refractivity contribution in [1.29, 1.82) is 0 Å². The Morgan fingerprint density at radius 3 is 2.91 bits per heavy atom. The predicted octanol–water partition coefficient (Wildman–Crippen LogP) is 2.32. The maximum atomic E-state index is 10.9. The van der Waals surface area contributed by atoms with Gasteiger partial charge < -0.3 is 4.79 Å². The number of hydrogen-bond donors (Lipinski definition) is 0. The zero-order valence-electron chi connectivity index (χ0n) is 6.97. The van der Waals surface area contributed by atoms with Crippen LogP contribution in [0.4, 0.5) is 0 Å². The predicted molar refractivity (Wildman–Crippen MR) is 44.2 cm³/mol. The molecule has 0 saturated heterocycles. The van der Waals surface area contributed by atoms with Crippen molar-refractivity contribution < 1.29 is 4.79 Å². The molecule has 0 aromatic heterocycles. The molecule has 2 atom stereocenters. The standard InChI is InChI=1S/C10H14O/c1-7(11)4-10-6-8-2-3-9(10)5-8/h2,9-10H,3-6H2,1H3. The van der Waals surface area contributed by atoms with E-state index in [1.807, 2.05) is 0 Å². The Bertz CT molecular complexity index is 215. The van der Waals surface area contributed by atoms with Gasteiger partial charge in [-0.2, -0.15) is 0 Å². The molecule has 0 aromatic carbocycles. The summed E-state index contributed by atoms with van der Waals surface area (Å²) < 4.78 is 0. The first-order valence-corrected chi connectivity index (χ1v) is 4.43. The van der Waals surface area contributed by atoms with Gasteiger partial charge in [0.2, 0.25) is 0 Å². The Morgan fingerprint density at radius 2 is 2.45 bits per heavy atom. The summed E-state index contributed by atoms with van der Waals surface area (Å²) in [5.41, 5.74) is 1.61. The zero-order chi connectivity index (χ0) is 7.84. The van der Waals surface area contributed by atoms with Crippen molar-refractivity contribution in [3.05, 3.63) is 11.6 Å². The largest absolute Gasteiger partial charge is 0.300 e. The summed E-state index contributed by atoms with van der Waals surface area (Å²) in [7, 11) is 0. The molecule has 2 aliphatic carbocycles. The van der Waals surface area contributed by atoms with Crippen molar-refractivity contribution >= 4 is 5.78 Å². The number of allylic oxidation sites excluding steroid dienone is 2. The van der Waals surface area contributed by atoms with Gasteiger partial charge in [-0.05, 0) is 38.0 Å². The number of carbonyl (C=O) groups excluding carboxylic acids is 1. The number of Topliss-reactive ketones (excluding diaryl/α,β-unsaturated/α-hetero) is 1. The highest BCUT2D eigenvalue weighted by molar-refractivity contribution is 5.75. The number of rotatable bonds is 2. The summed E-state index contributed by atoms with van der Waals surface area (Å²) in [6, 6.07) is 0. The van der Waals surface area contributed by atoms with Gasteiger partial charge in [0, 0.05) is 6.42 Å². The van der Waals surface area contributed by atoms with E-state index in [-0.39, 0.29) is 0 Å². The van der Waals surface area contributed by atoms with Crippen molar-refractivity contribution in [2.24, 2.45) is 11.8 Å². The smallest absolute Gasteiger partial charge is 0.130 e. The topological polar surface area (TPSA) is 17.1 Å². The molecule has 0 N–H and O–H groups in total. The minimum absolute atomic E-state index is 0.364. The number of hydrogen-bond acceptors (Lipinski definition) is 1. The van der Waals surface area contributed by atoms with Crippen LogP contribution in [0, 0.1) is 11.8 Å². The molecule has 1 heteroatoms. The van der Waals surface area contributed by atoms with Gasteiger partial charge >= 0.3 is 0 Å². The van der Waals surface area contributed by atoms with E-state index in [0.29, 0.717) is 11.7 Å². The average Bonchev–Trinajstić information content (AvgIpc) is 2.45. The number of fused-ring (bicyclic) bond motifs is 2. The van der Waals surface area contributed by atoms with E-state index in [1.165, 1.54) is 19.3 Å². The second kappa shape index (κ2) is 2.47. The van der Waals surface area contributed by atoms with Crippen molar-refractivity contribution in [1.82, 2.24) is 0 Å². The van der Waals surface area contributed by atoms with Crippen LogP contribution in [0.25, 0.3) is 0 Å². The number of ketones is 1.